The molecule has 0 aliphatic carbocycles. The molecule has 0 aromatic heterocycles. The van der Waals surface area contributed by atoms with Crippen molar-refractivity contribution in [3.05, 3.63) is 34.9 Å². The average molecular weight is 357 g/mol. The van der Waals surface area contributed by atoms with Crippen LogP contribution in [0.2, 0.25) is 5.02 Å². The summed E-state index contributed by atoms with van der Waals surface area (Å²) in [5.74, 6) is -2.23. The van der Waals surface area contributed by atoms with Gasteiger partial charge >= 0.3 is 12.1 Å². The van der Waals surface area contributed by atoms with Crippen LogP contribution in [-0.4, -0.2) is 43.1 Å². The molecule has 3 amide bonds. The first kappa shape index (κ1) is 19.4. The largest absolute Gasteiger partial charge is 0.454 e. The monoisotopic (exact) mass is 356 g/mol. The topological polar surface area (TPSA) is 111 Å². The Kier molecular flexibility index (Phi) is 7.70. The summed E-state index contributed by atoms with van der Waals surface area (Å²) in [4.78, 5) is 46.1. The Hall–Kier alpha value is -2.61. The van der Waals surface area contributed by atoms with Gasteiger partial charge in [0.2, 0.25) is 0 Å². The van der Waals surface area contributed by atoms with Crippen LogP contribution in [-0.2, 0) is 19.1 Å². The molecular weight excluding hydrogens is 340 g/mol. The zero-order valence-corrected chi connectivity index (χ0v) is 13.9. The minimum atomic E-state index is -1.01. The number of amides is 3. The van der Waals surface area contributed by atoms with E-state index in [4.69, 9.17) is 16.3 Å². The van der Waals surface area contributed by atoms with Crippen molar-refractivity contribution in [1.29, 1.82) is 0 Å². The van der Waals surface area contributed by atoms with E-state index in [0.717, 1.165) is 0 Å². The van der Waals surface area contributed by atoms with Crippen molar-refractivity contribution in [2.75, 3.05) is 13.2 Å². The third-order valence-corrected chi connectivity index (χ3v) is 3.01. The fraction of sp³-hybridized carbons (Fsp3) is 0.333. The van der Waals surface area contributed by atoms with Gasteiger partial charge in [0, 0.05) is 0 Å². The first-order valence-electron chi connectivity index (χ1n) is 7.03. The highest BCUT2D eigenvalue weighted by atomic mass is 35.5. The molecule has 130 valence electrons. The van der Waals surface area contributed by atoms with E-state index in [1.165, 1.54) is 13.0 Å². The number of hydrogen-bond acceptors (Lipinski definition) is 6. The molecule has 1 aromatic carbocycles. The molecule has 0 saturated heterocycles. The van der Waals surface area contributed by atoms with Crippen molar-refractivity contribution < 1.29 is 28.7 Å². The normalized spacial score (nSPS) is 11.1. The van der Waals surface area contributed by atoms with Gasteiger partial charge in [-0.1, -0.05) is 23.7 Å². The van der Waals surface area contributed by atoms with Gasteiger partial charge in [-0.05, 0) is 26.0 Å². The van der Waals surface area contributed by atoms with Crippen LogP contribution in [0.25, 0.3) is 0 Å². The number of benzene rings is 1. The first-order chi connectivity index (χ1) is 11.3. The van der Waals surface area contributed by atoms with Crippen molar-refractivity contribution >= 4 is 35.5 Å². The van der Waals surface area contributed by atoms with Crippen molar-refractivity contribution in [3.63, 3.8) is 0 Å². The zero-order valence-electron chi connectivity index (χ0n) is 13.1. The highest BCUT2D eigenvalue weighted by molar-refractivity contribution is 6.33. The lowest BCUT2D eigenvalue weighted by Crippen LogP contribution is -2.41. The molecule has 1 rings (SSSR count). The third kappa shape index (κ3) is 6.25. The van der Waals surface area contributed by atoms with Crippen LogP contribution in [0.5, 0.6) is 0 Å². The molecule has 0 saturated carbocycles. The van der Waals surface area contributed by atoms with Crippen LogP contribution in [0.1, 0.15) is 24.2 Å². The van der Waals surface area contributed by atoms with Gasteiger partial charge in [0.25, 0.3) is 11.8 Å². The number of halogens is 1. The van der Waals surface area contributed by atoms with Crippen molar-refractivity contribution in [2.24, 2.45) is 0 Å². The predicted octanol–water partition coefficient (Wildman–Crippen LogP) is 1.27. The molecule has 0 heterocycles. The molecule has 0 bridgehead atoms. The van der Waals surface area contributed by atoms with Crippen LogP contribution in [0.3, 0.4) is 0 Å². The van der Waals surface area contributed by atoms with Crippen LogP contribution in [0.15, 0.2) is 24.3 Å². The second-order valence-electron chi connectivity index (χ2n) is 4.55. The van der Waals surface area contributed by atoms with Gasteiger partial charge in [-0.25, -0.2) is 9.59 Å². The van der Waals surface area contributed by atoms with Gasteiger partial charge in [0.15, 0.2) is 6.61 Å². The summed E-state index contributed by atoms with van der Waals surface area (Å²) in [6.45, 7) is 2.39. The molecule has 1 atom stereocenters. The highest BCUT2D eigenvalue weighted by Gasteiger charge is 2.20. The number of carbonyl (C=O) groups is 4. The number of imide groups is 1. The second-order valence-corrected chi connectivity index (χ2v) is 4.96. The Bertz CT molecular complexity index is 634. The van der Waals surface area contributed by atoms with E-state index in [9.17, 15) is 19.2 Å². The Morgan fingerprint density at radius 1 is 1.17 bits per heavy atom. The van der Waals surface area contributed by atoms with E-state index < -0.39 is 36.5 Å². The van der Waals surface area contributed by atoms with Gasteiger partial charge in [0.05, 0.1) is 17.2 Å². The number of rotatable bonds is 6. The van der Waals surface area contributed by atoms with E-state index in [0.29, 0.717) is 0 Å². The van der Waals surface area contributed by atoms with Crippen LogP contribution in [0.4, 0.5) is 4.79 Å². The second kappa shape index (κ2) is 9.51. The molecule has 24 heavy (non-hydrogen) atoms. The summed E-state index contributed by atoms with van der Waals surface area (Å²) in [5, 5.41) is 4.51. The summed E-state index contributed by atoms with van der Waals surface area (Å²) >= 11 is 5.89. The molecule has 0 spiro atoms. The molecule has 8 nitrogen and oxygen atoms in total. The lowest BCUT2D eigenvalue weighted by molar-refractivity contribution is -0.149. The third-order valence-electron chi connectivity index (χ3n) is 2.68. The lowest BCUT2D eigenvalue weighted by atomic mass is 10.2. The van der Waals surface area contributed by atoms with Crippen molar-refractivity contribution in [3.8, 4) is 0 Å². The van der Waals surface area contributed by atoms with Crippen molar-refractivity contribution in [2.45, 2.75) is 19.9 Å². The molecule has 0 radical (unpaired) electrons. The maximum absolute atomic E-state index is 12.0. The van der Waals surface area contributed by atoms with Crippen LogP contribution in [0, 0.1) is 0 Å². The molecule has 0 aliphatic rings. The van der Waals surface area contributed by atoms with Gasteiger partial charge < -0.3 is 14.8 Å². The summed E-state index contributed by atoms with van der Waals surface area (Å²) in [7, 11) is 0. The number of alkyl carbamates (subject to hydrolysis) is 1. The minimum Gasteiger partial charge on any atom is -0.454 e. The Labute approximate surface area is 143 Å². The summed E-state index contributed by atoms with van der Waals surface area (Å²) in [6, 6.07) is 5.33. The van der Waals surface area contributed by atoms with E-state index in [1.54, 1.807) is 25.1 Å². The minimum absolute atomic E-state index is 0.101. The quantitative estimate of drug-likeness (QED) is 0.743. The number of hydrogen-bond donors (Lipinski definition) is 2. The van der Waals surface area contributed by atoms with Crippen LogP contribution < -0.4 is 10.6 Å². The molecule has 2 N–H and O–H groups in total. The molecule has 0 aliphatic heterocycles. The number of esters is 1. The molecule has 9 heteroatoms. The fourth-order valence-electron chi connectivity index (χ4n) is 1.56. The predicted molar refractivity (Wildman–Crippen MR) is 84.5 cm³/mol. The SMILES string of the molecule is CCOC(=O)NC(=O)COC(=O)[C@H](C)NC(=O)c1ccccc1Cl. The highest BCUT2D eigenvalue weighted by Crippen LogP contribution is 2.14. The van der Waals surface area contributed by atoms with Gasteiger partial charge in [-0.2, -0.15) is 0 Å². The maximum Gasteiger partial charge on any atom is 0.413 e. The Morgan fingerprint density at radius 2 is 1.83 bits per heavy atom. The standard InChI is InChI=1S/C15H17ClN2O6/c1-3-23-15(22)18-12(19)8-24-14(21)9(2)17-13(20)10-6-4-5-7-11(10)16/h4-7,9H,3,8H2,1-2H3,(H,17,20)(H,18,19,22)/t9-/m0/s1. The fourth-order valence-corrected chi connectivity index (χ4v) is 1.78. The average Bonchev–Trinajstić information content (AvgIpc) is 2.52. The van der Waals surface area contributed by atoms with E-state index in [2.05, 4.69) is 10.1 Å². The summed E-state index contributed by atoms with van der Waals surface area (Å²) < 4.78 is 9.20. The lowest BCUT2D eigenvalue weighted by Gasteiger charge is -2.13. The maximum atomic E-state index is 12.0. The van der Waals surface area contributed by atoms with Crippen molar-refractivity contribution in [1.82, 2.24) is 10.6 Å². The van der Waals surface area contributed by atoms with E-state index in [-0.39, 0.29) is 17.2 Å². The number of nitrogens with one attached hydrogen (secondary N) is 2. The number of carbonyl (C=O) groups excluding carboxylic acids is 4. The number of ether oxygens (including phenoxy) is 2. The molecule has 0 unspecified atom stereocenters. The first-order valence-corrected chi connectivity index (χ1v) is 7.41. The zero-order chi connectivity index (χ0) is 18.1. The summed E-state index contributed by atoms with van der Waals surface area (Å²) in [5.41, 5.74) is 0.207. The molecule has 1 aromatic rings. The smallest absolute Gasteiger partial charge is 0.413 e. The van der Waals surface area contributed by atoms with Crippen LogP contribution >= 0.6 is 11.6 Å². The van der Waals surface area contributed by atoms with E-state index in [1.807, 2.05) is 5.32 Å². The Morgan fingerprint density at radius 3 is 2.46 bits per heavy atom. The summed E-state index contributed by atoms with van der Waals surface area (Å²) in [6.07, 6.45) is -0.932. The molecule has 0 fully saturated rings. The van der Waals surface area contributed by atoms with Gasteiger partial charge in [-0.15, -0.1) is 0 Å². The van der Waals surface area contributed by atoms with E-state index >= 15 is 0 Å². The van der Waals surface area contributed by atoms with Gasteiger partial charge in [-0.3, -0.25) is 14.9 Å². The Balaban J connectivity index is 2.45. The molecular formula is C15H17ClN2O6. The van der Waals surface area contributed by atoms with Gasteiger partial charge in [0.1, 0.15) is 6.04 Å².